The van der Waals surface area contributed by atoms with Gasteiger partial charge in [0.25, 0.3) is 0 Å². The Morgan fingerprint density at radius 3 is 2.93 bits per heavy atom. The summed E-state index contributed by atoms with van der Waals surface area (Å²) in [7, 11) is 1.87. The molecule has 1 aliphatic carbocycles. The van der Waals surface area contributed by atoms with Gasteiger partial charge in [-0.15, -0.1) is 10.2 Å². The number of hydrogen-bond acceptors (Lipinski definition) is 5. The van der Waals surface area contributed by atoms with E-state index in [1.54, 1.807) is 6.33 Å². The van der Waals surface area contributed by atoms with Gasteiger partial charge in [-0.25, -0.2) is 4.68 Å². The van der Waals surface area contributed by atoms with E-state index in [0.717, 1.165) is 35.7 Å². The fourth-order valence-electron chi connectivity index (χ4n) is 3.56. The van der Waals surface area contributed by atoms with Crippen molar-refractivity contribution in [2.75, 3.05) is 5.75 Å². The molecule has 1 aromatic carbocycles. The number of aryl methyl sites for hydroxylation is 3. The number of rotatable bonds is 5. The Bertz CT molecular complexity index is 1010. The molecule has 0 saturated carbocycles. The summed E-state index contributed by atoms with van der Waals surface area (Å²) in [5.41, 5.74) is 5.93. The van der Waals surface area contributed by atoms with E-state index in [9.17, 15) is 4.79 Å². The third-order valence-corrected chi connectivity index (χ3v) is 6.29. The topological polar surface area (TPSA) is 77.6 Å². The number of fused-ring (bicyclic) bond motifs is 1. The number of nitrogens with one attached hydrogen (secondary N) is 1. The number of benzene rings is 1. The largest absolute Gasteiger partial charge is 0.348 e. The van der Waals surface area contributed by atoms with E-state index < -0.39 is 0 Å². The number of aromatic nitrogens is 5. The van der Waals surface area contributed by atoms with Gasteiger partial charge in [0.15, 0.2) is 5.16 Å². The molecule has 1 aliphatic rings. The molecule has 2 heterocycles. The molecule has 0 aliphatic heterocycles. The summed E-state index contributed by atoms with van der Waals surface area (Å²) in [5.74, 6) is 0.328. The summed E-state index contributed by atoms with van der Waals surface area (Å²) in [6.07, 6.45) is 6.48. The Morgan fingerprint density at radius 1 is 1.32 bits per heavy atom. The zero-order valence-electron chi connectivity index (χ0n) is 16.3. The Kier molecular flexibility index (Phi) is 5.21. The molecule has 4 rings (SSSR count). The number of nitrogens with zero attached hydrogens (tertiary/aromatic N) is 5. The highest BCUT2D eigenvalue weighted by atomic mass is 32.2. The third-order valence-electron chi connectivity index (χ3n) is 5.26. The monoisotopic (exact) mass is 396 g/mol. The molecule has 1 atom stereocenters. The normalized spacial score (nSPS) is 16.0. The van der Waals surface area contributed by atoms with Crippen LogP contribution in [0.3, 0.4) is 0 Å². The highest BCUT2D eigenvalue weighted by Crippen LogP contribution is 2.31. The first kappa shape index (κ1) is 18.7. The van der Waals surface area contributed by atoms with E-state index in [-0.39, 0.29) is 11.9 Å². The van der Waals surface area contributed by atoms with Crippen molar-refractivity contribution >= 4 is 17.7 Å². The minimum atomic E-state index is 0.00443. The van der Waals surface area contributed by atoms with Gasteiger partial charge in [0.2, 0.25) is 5.91 Å². The van der Waals surface area contributed by atoms with Crippen LogP contribution in [-0.4, -0.2) is 36.2 Å². The van der Waals surface area contributed by atoms with Gasteiger partial charge < -0.3 is 9.88 Å². The summed E-state index contributed by atoms with van der Waals surface area (Å²) >= 11 is 1.39. The molecular formula is C20H24N6OS. The van der Waals surface area contributed by atoms with Crippen molar-refractivity contribution in [2.24, 2.45) is 7.05 Å². The van der Waals surface area contributed by atoms with Crippen LogP contribution in [0.15, 0.2) is 35.9 Å². The van der Waals surface area contributed by atoms with Crippen molar-refractivity contribution in [3.05, 3.63) is 53.1 Å². The van der Waals surface area contributed by atoms with Gasteiger partial charge >= 0.3 is 0 Å². The molecule has 1 amide bonds. The van der Waals surface area contributed by atoms with Crippen molar-refractivity contribution in [3.8, 4) is 5.69 Å². The predicted octanol–water partition coefficient (Wildman–Crippen LogP) is 2.90. The molecule has 0 unspecified atom stereocenters. The van der Waals surface area contributed by atoms with Crippen LogP contribution in [0.25, 0.3) is 5.69 Å². The van der Waals surface area contributed by atoms with Gasteiger partial charge in [-0.05, 0) is 56.4 Å². The van der Waals surface area contributed by atoms with E-state index in [0.29, 0.717) is 5.75 Å². The fourth-order valence-corrected chi connectivity index (χ4v) is 4.26. The molecule has 0 bridgehead atoms. The molecule has 0 fully saturated rings. The maximum atomic E-state index is 12.5. The van der Waals surface area contributed by atoms with Gasteiger partial charge in [0.1, 0.15) is 6.33 Å². The number of amides is 1. The lowest BCUT2D eigenvalue weighted by molar-refractivity contribution is -0.119. The molecule has 0 radical (unpaired) electrons. The predicted molar refractivity (Wildman–Crippen MR) is 109 cm³/mol. The van der Waals surface area contributed by atoms with Crippen molar-refractivity contribution in [2.45, 2.75) is 44.3 Å². The first-order chi connectivity index (χ1) is 13.5. The molecule has 8 heteroatoms. The quantitative estimate of drug-likeness (QED) is 0.671. The zero-order valence-corrected chi connectivity index (χ0v) is 17.2. The molecule has 1 N–H and O–H groups in total. The standard InChI is InChI=1S/C20H24N6OS/c1-13-7-8-15(9-14(13)2)26-18-6-4-5-17(16(18)10-22-26)23-19(27)11-28-20-24-21-12-25(20)3/h7-10,12,17H,4-6,11H2,1-3H3,(H,23,27)/t17-/m1/s1. The second-order valence-electron chi connectivity index (χ2n) is 7.25. The van der Waals surface area contributed by atoms with Crippen molar-refractivity contribution < 1.29 is 4.79 Å². The van der Waals surface area contributed by atoms with Crippen LogP contribution in [0.1, 0.15) is 41.3 Å². The van der Waals surface area contributed by atoms with Crippen LogP contribution in [-0.2, 0) is 18.3 Å². The van der Waals surface area contributed by atoms with E-state index >= 15 is 0 Å². The third kappa shape index (κ3) is 3.69. The molecule has 2 aromatic heterocycles. The maximum Gasteiger partial charge on any atom is 0.230 e. The first-order valence-electron chi connectivity index (χ1n) is 9.43. The molecule has 146 valence electrons. The number of carbonyl (C=O) groups is 1. The summed E-state index contributed by atoms with van der Waals surface area (Å²) in [6.45, 7) is 4.23. The SMILES string of the molecule is Cc1ccc(-n2ncc3c2CCC[C@H]3NC(=O)CSc2nncn2C)cc1C. The molecule has 0 spiro atoms. The average molecular weight is 397 g/mol. The molecule has 0 saturated heterocycles. The van der Waals surface area contributed by atoms with Crippen LogP contribution in [0.4, 0.5) is 0 Å². The van der Waals surface area contributed by atoms with Gasteiger partial charge in [-0.3, -0.25) is 4.79 Å². The number of hydrogen-bond donors (Lipinski definition) is 1. The molecule has 28 heavy (non-hydrogen) atoms. The number of thioether (sulfide) groups is 1. The highest BCUT2D eigenvalue weighted by molar-refractivity contribution is 7.99. The Balaban J connectivity index is 1.48. The lowest BCUT2D eigenvalue weighted by Gasteiger charge is -2.24. The van der Waals surface area contributed by atoms with Crippen LogP contribution < -0.4 is 5.32 Å². The van der Waals surface area contributed by atoms with Gasteiger partial charge in [-0.2, -0.15) is 5.10 Å². The van der Waals surface area contributed by atoms with Gasteiger partial charge in [0.05, 0.1) is 23.7 Å². The van der Waals surface area contributed by atoms with E-state index in [4.69, 9.17) is 0 Å². The molecular weight excluding hydrogens is 372 g/mol. The molecule has 3 aromatic rings. The van der Waals surface area contributed by atoms with Gasteiger partial charge in [-0.1, -0.05) is 17.8 Å². The second kappa shape index (κ2) is 7.79. The summed E-state index contributed by atoms with van der Waals surface area (Å²) in [4.78, 5) is 12.5. The Hall–Kier alpha value is -2.61. The van der Waals surface area contributed by atoms with Crippen molar-refractivity contribution in [1.82, 2.24) is 29.9 Å². The lowest BCUT2D eigenvalue weighted by Crippen LogP contribution is -2.32. The van der Waals surface area contributed by atoms with Crippen LogP contribution in [0.5, 0.6) is 0 Å². The maximum absolute atomic E-state index is 12.5. The van der Waals surface area contributed by atoms with Crippen LogP contribution >= 0.6 is 11.8 Å². The average Bonchev–Trinajstić information content (AvgIpc) is 3.29. The summed E-state index contributed by atoms with van der Waals surface area (Å²) in [5, 5.41) is 16.4. The minimum Gasteiger partial charge on any atom is -0.348 e. The smallest absolute Gasteiger partial charge is 0.230 e. The molecule has 7 nitrogen and oxygen atoms in total. The second-order valence-corrected chi connectivity index (χ2v) is 8.19. The van der Waals surface area contributed by atoms with Crippen LogP contribution in [0.2, 0.25) is 0 Å². The summed E-state index contributed by atoms with van der Waals surface area (Å²) in [6, 6.07) is 6.42. The number of carbonyl (C=O) groups excluding carboxylic acids is 1. The Morgan fingerprint density at radius 2 is 2.18 bits per heavy atom. The lowest BCUT2D eigenvalue weighted by atomic mass is 9.93. The summed E-state index contributed by atoms with van der Waals surface area (Å²) < 4.78 is 3.83. The van der Waals surface area contributed by atoms with Crippen molar-refractivity contribution in [1.29, 1.82) is 0 Å². The fraction of sp³-hybridized carbons (Fsp3) is 0.400. The highest BCUT2D eigenvalue weighted by Gasteiger charge is 2.26. The first-order valence-corrected chi connectivity index (χ1v) is 10.4. The zero-order chi connectivity index (χ0) is 19.7. The minimum absolute atomic E-state index is 0.00443. The Labute approximate surface area is 168 Å². The van der Waals surface area contributed by atoms with E-state index in [1.807, 2.05) is 22.5 Å². The van der Waals surface area contributed by atoms with E-state index in [2.05, 4.69) is 52.7 Å². The van der Waals surface area contributed by atoms with Crippen molar-refractivity contribution in [3.63, 3.8) is 0 Å². The van der Waals surface area contributed by atoms with Crippen LogP contribution in [0, 0.1) is 13.8 Å². The van der Waals surface area contributed by atoms with E-state index in [1.165, 1.54) is 28.6 Å². The van der Waals surface area contributed by atoms with Gasteiger partial charge in [0, 0.05) is 18.3 Å².